The zero-order chi connectivity index (χ0) is 12.3. The molecule has 0 bridgehead atoms. The second-order valence-corrected chi connectivity index (χ2v) is 10.0. The van der Waals surface area contributed by atoms with Crippen molar-refractivity contribution in [2.24, 2.45) is 0 Å². The number of rotatable bonds is 3. The molecule has 4 heteroatoms. The highest BCUT2D eigenvalue weighted by Crippen LogP contribution is 2.39. The lowest BCUT2D eigenvalue weighted by Gasteiger charge is -2.31. The number of allylic oxidation sites excluding steroid dienone is 3. The van der Waals surface area contributed by atoms with Crippen molar-refractivity contribution >= 4 is 20.6 Å². The van der Waals surface area contributed by atoms with Gasteiger partial charge in [-0.3, -0.25) is 9.59 Å². The lowest BCUT2D eigenvalue weighted by molar-refractivity contribution is -0.105. The second kappa shape index (κ2) is 4.50. The van der Waals surface area contributed by atoms with E-state index in [0.717, 1.165) is 6.29 Å². The van der Waals surface area contributed by atoms with Crippen molar-refractivity contribution in [2.75, 3.05) is 0 Å². The van der Waals surface area contributed by atoms with Crippen molar-refractivity contribution in [1.82, 2.24) is 0 Å². The minimum atomic E-state index is -1.75. The van der Waals surface area contributed by atoms with Crippen LogP contribution in [0.3, 0.4) is 0 Å². The smallest absolute Gasteiger partial charge is 0.183 e. The molecule has 0 aromatic heterocycles. The quantitative estimate of drug-likeness (QED) is 0.425. The van der Waals surface area contributed by atoms with E-state index in [1.165, 1.54) is 6.26 Å². The monoisotopic (exact) mass is 234 g/mol. The number of hydrogen-bond donors (Lipinski definition) is 0. The van der Waals surface area contributed by atoms with Crippen LogP contribution in [0.15, 0.2) is 23.2 Å². The zero-order valence-corrected chi connectivity index (χ0v) is 10.6. The van der Waals surface area contributed by atoms with E-state index in [1.54, 1.807) is 0 Å². The van der Waals surface area contributed by atoms with E-state index in [-0.39, 0.29) is 11.3 Å². The van der Waals surface area contributed by atoms with Gasteiger partial charge in [0.2, 0.25) is 0 Å². The minimum absolute atomic E-state index is 0.178. The summed E-state index contributed by atoms with van der Waals surface area (Å²) in [7, 11) is -1.75. The van der Waals surface area contributed by atoms with Crippen LogP contribution in [-0.2, 0) is 14.3 Å². The predicted molar refractivity (Wildman–Crippen MR) is 64.3 cm³/mol. The zero-order valence-electron chi connectivity index (χ0n) is 9.61. The summed E-state index contributed by atoms with van der Waals surface area (Å²) in [5, 5.41) is 0. The Hall–Kier alpha value is -1.60. The summed E-state index contributed by atoms with van der Waals surface area (Å²) in [4.78, 5) is 22.1. The number of aldehydes is 2. The van der Waals surface area contributed by atoms with E-state index >= 15 is 0 Å². The van der Waals surface area contributed by atoms with E-state index in [1.807, 2.05) is 0 Å². The molecule has 84 valence electrons. The molecular formula is C12H14O3Si. The fourth-order valence-corrected chi connectivity index (χ4v) is 4.14. The van der Waals surface area contributed by atoms with Gasteiger partial charge in [0.25, 0.3) is 0 Å². The summed E-state index contributed by atoms with van der Waals surface area (Å²) in [5.41, 5.74) is 0.744. The summed E-state index contributed by atoms with van der Waals surface area (Å²) >= 11 is 0. The number of hydrogen-bond acceptors (Lipinski definition) is 3. The Morgan fingerprint density at radius 1 is 1.38 bits per heavy atom. The molecule has 1 heterocycles. The van der Waals surface area contributed by atoms with Crippen molar-refractivity contribution in [1.29, 1.82) is 0 Å². The van der Waals surface area contributed by atoms with Crippen LogP contribution in [0.25, 0.3) is 0 Å². The molecule has 1 rings (SSSR count). The molecular weight excluding hydrogens is 220 g/mol. The third-order valence-electron chi connectivity index (χ3n) is 2.48. The molecule has 16 heavy (non-hydrogen) atoms. The van der Waals surface area contributed by atoms with Crippen molar-refractivity contribution in [3.8, 4) is 12.3 Å². The van der Waals surface area contributed by atoms with Gasteiger partial charge >= 0.3 is 0 Å². The van der Waals surface area contributed by atoms with Gasteiger partial charge in [0, 0.05) is 16.7 Å². The normalized spacial score (nSPS) is 20.6. The van der Waals surface area contributed by atoms with E-state index in [4.69, 9.17) is 11.2 Å². The molecule has 0 aromatic rings. The van der Waals surface area contributed by atoms with Crippen LogP contribution >= 0.6 is 0 Å². The van der Waals surface area contributed by atoms with Crippen molar-refractivity contribution in [3.63, 3.8) is 0 Å². The highest BCUT2D eigenvalue weighted by Gasteiger charge is 2.37. The Kier molecular flexibility index (Phi) is 3.50. The number of carbonyl (C=O) groups is 2. The number of ether oxygens (including phenoxy) is 1. The predicted octanol–water partition coefficient (Wildman–Crippen LogP) is 1.89. The van der Waals surface area contributed by atoms with Crippen LogP contribution in [0, 0.1) is 12.3 Å². The van der Waals surface area contributed by atoms with Gasteiger partial charge in [-0.2, -0.15) is 0 Å². The molecule has 0 fully saturated rings. The fourth-order valence-electron chi connectivity index (χ4n) is 1.87. The molecule has 0 spiro atoms. The maximum Gasteiger partial charge on any atom is 0.183 e. The van der Waals surface area contributed by atoms with Gasteiger partial charge in [-0.05, 0) is 5.92 Å². The molecule has 0 saturated carbocycles. The summed E-state index contributed by atoms with van der Waals surface area (Å²) in [6.07, 6.45) is 8.07. The maximum absolute atomic E-state index is 11.1. The largest absolute Gasteiger partial charge is 0.455 e. The molecule has 0 saturated heterocycles. The first-order chi connectivity index (χ1) is 7.45. The van der Waals surface area contributed by atoms with Crippen LogP contribution in [0.5, 0.6) is 0 Å². The number of terminal acetylenes is 1. The Labute approximate surface area is 96.2 Å². The third kappa shape index (κ3) is 2.15. The van der Waals surface area contributed by atoms with Gasteiger partial charge in [0.15, 0.2) is 12.0 Å². The van der Waals surface area contributed by atoms with Crippen LogP contribution in [0.1, 0.15) is 0 Å². The highest BCUT2D eigenvalue weighted by molar-refractivity contribution is 6.79. The SMILES string of the molecule is C#CC1=C(C=O)C([Si](C)(C)C)C(C=O)=CO1. The fraction of sp³-hybridized carbons (Fsp3) is 0.333. The maximum atomic E-state index is 11.1. The Morgan fingerprint density at radius 3 is 2.38 bits per heavy atom. The molecule has 0 radical (unpaired) electrons. The summed E-state index contributed by atoms with van der Waals surface area (Å²) < 4.78 is 5.10. The van der Waals surface area contributed by atoms with Crippen molar-refractivity contribution < 1.29 is 14.3 Å². The standard InChI is InChI=1S/C12H14O3Si/c1-5-11-10(7-14)12(16(2,3)4)9(6-13)8-15-11/h1,6-8,12H,2-4H3. The van der Waals surface area contributed by atoms with Gasteiger partial charge < -0.3 is 4.74 Å². The Bertz CT molecular complexity index is 419. The molecule has 1 unspecified atom stereocenters. The highest BCUT2D eigenvalue weighted by atomic mass is 28.3. The van der Waals surface area contributed by atoms with Crippen LogP contribution in [0.4, 0.5) is 0 Å². The summed E-state index contributed by atoms with van der Waals surface area (Å²) in [6, 6.07) is 0. The summed E-state index contributed by atoms with van der Waals surface area (Å²) in [5.74, 6) is 2.57. The van der Waals surface area contributed by atoms with E-state index in [0.29, 0.717) is 17.4 Å². The molecule has 0 aromatic carbocycles. The first-order valence-corrected chi connectivity index (χ1v) is 8.51. The minimum Gasteiger partial charge on any atom is -0.455 e. The Balaban J connectivity index is 3.33. The Morgan fingerprint density at radius 2 is 2.00 bits per heavy atom. The number of carbonyl (C=O) groups excluding carboxylic acids is 2. The first-order valence-electron chi connectivity index (χ1n) is 4.93. The van der Waals surface area contributed by atoms with Crippen LogP contribution < -0.4 is 0 Å². The van der Waals surface area contributed by atoms with Crippen molar-refractivity contribution in [2.45, 2.75) is 25.2 Å². The second-order valence-electron chi connectivity index (χ2n) is 4.70. The van der Waals surface area contributed by atoms with Gasteiger partial charge in [-0.1, -0.05) is 19.6 Å². The van der Waals surface area contributed by atoms with Gasteiger partial charge in [-0.25, -0.2) is 0 Å². The average Bonchev–Trinajstić information content (AvgIpc) is 2.25. The molecule has 1 aliphatic rings. The molecule has 1 aliphatic heterocycles. The van der Waals surface area contributed by atoms with Gasteiger partial charge in [0.1, 0.15) is 6.29 Å². The van der Waals surface area contributed by atoms with Crippen LogP contribution in [0.2, 0.25) is 25.2 Å². The van der Waals surface area contributed by atoms with Gasteiger partial charge in [0.05, 0.1) is 14.3 Å². The topological polar surface area (TPSA) is 43.4 Å². The third-order valence-corrected chi connectivity index (χ3v) is 4.86. The lowest BCUT2D eigenvalue weighted by Crippen LogP contribution is -2.34. The molecule has 0 amide bonds. The summed E-state index contributed by atoms with van der Waals surface area (Å²) in [6.45, 7) is 6.24. The van der Waals surface area contributed by atoms with E-state index in [2.05, 4.69) is 25.6 Å². The van der Waals surface area contributed by atoms with Crippen molar-refractivity contribution in [3.05, 3.63) is 23.2 Å². The van der Waals surface area contributed by atoms with Crippen LogP contribution in [-0.4, -0.2) is 20.6 Å². The van der Waals surface area contributed by atoms with E-state index in [9.17, 15) is 9.59 Å². The molecule has 1 atom stereocenters. The lowest BCUT2D eigenvalue weighted by atomic mass is 10.0. The first kappa shape index (κ1) is 12.5. The molecule has 3 nitrogen and oxygen atoms in total. The average molecular weight is 234 g/mol. The van der Waals surface area contributed by atoms with E-state index < -0.39 is 8.07 Å². The molecule has 0 N–H and O–H groups in total. The molecule has 0 aliphatic carbocycles. The van der Waals surface area contributed by atoms with Gasteiger partial charge in [-0.15, -0.1) is 6.42 Å².